The van der Waals surface area contributed by atoms with Gasteiger partial charge in [-0.1, -0.05) is 11.6 Å². The molecule has 3 N–H and O–H groups in total. The highest BCUT2D eigenvalue weighted by molar-refractivity contribution is 6.34. The highest BCUT2D eigenvalue weighted by atomic mass is 35.5. The van der Waals surface area contributed by atoms with Crippen molar-refractivity contribution in [2.45, 2.75) is 0 Å². The van der Waals surface area contributed by atoms with Gasteiger partial charge in [0.1, 0.15) is 5.75 Å². The number of nitrogens with one attached hydrogen (secondary N) is 2. The lowest BCUT2D eigenvalue weighted by Crippen LogP contribution is -2.14. The van der Waals surface area contributed by atoms with Crippen LogP contribution in [0.15, 0.2) is 41.3 Å². The van der Waals surface area contributed by atoms with Crippen LogP contribution >= 0.6 is 11.6 Å². The van der Waals surface area contributed by atoms with E-state index in [2.05, 4.69) is 10.3 Å². The number of phenolic OH excluding ortho intramolecular Hbond substituents is 1. The van der Waals surface area contributed by atoms with Gasteiger partial charge in [0, 0.05) is 18.3 Å². The molecule has 0 unspecified atom stereocenters. The Balaban J connectivity index is 2.21. The molecule has 0 bridgehead atoms. The van der Waals surface area contributed by atoms with Crippen molar-refractivity contribution in [3.63, 3.8) is 0 Å². The van der Waals surface area contributed by atoms with E-state index in [-0.39, 0.29) is 16.3 Å². The Labute approximate surface area is 107 Å². The summed E-state index contributed by atoms with van der Waals surface area (Å²) >= 11 is 5.85. The summed E-state index contributed by atoms with van der Waals surface area (Å²) in [7, 11) is 0. The largest absolute Gasteiger partial charge is 0.508 e. The van der Waals surface area contributed by atoms with Crippen LogP contribution in [0.5, 0.6) is 5.75 Å². The van der Waals surface area contributed by atoms with Gasteiger partial charge in [-0.05, 0) is 18.2 Å². The van der Waals surface area contributed by atoms with Crippen LogP contribution in [0.25, 0.3) is 0 Å². The molecule has 5 nitrogen and oxygen atoms in total. The Hall–Kier alpha value is -2.27. The number of aromatic nitrogens is 1. The Bertz CT molecular complexity index is 632. The molecule has 1 aromatic carbocycles. The van der Waals surface area contributed by atoms with E-state index in [1.165, 1.54) is 36.5 Å². The van der Waals surface area contributed by atoms with Crippen molar-refractivity contribution in [2.24, 2.45) is 0 Å². The fraction of sp³-hybridized carbons (Fsp3) is 0. The van der Waals surface area contributed by atoms with Gasteiger partial charge in [0.15, 0.2) is 0 Å². The number of aromatic amines is 1. The average molecular weight is 265 g/mol. The number of carbonyl (C=O) groups excluding carboxylic acids is 1. The fourth-order valence-electron chi connectivity index (χ4n) is 1.35. The van der Waals surface area contributed by atoms with Gasteiger partial charge in [-0.3, -0.25) is 9.59 Å². The predicted octanol–water partition coefficient (Wildman–Crippen LogP) is 1.99. The standard InChI is InChI=1S/C12H9ClN2O3/c13-9-5-8(16)2-3-10(9)15-12(18)7-1-4-11(17)14-6-7/h1-6,16H,(H,14,17)(H,15,18). The lowest BCUT2D eigenvalue weighted by atomic mass is 10.2. The quantitative estimate of drug-likeness (QED) is 0.726. The molecule has 6 heteroatoms. The minimum Gasteiger partial charge on any atom is -0.508 e. The number of phenols is 1. The van der Waals surface area contributed by atoms with Gasteiger partial charge in [-0.25, -0.2) is 0 Å². The molecule has 0 spiro atoms. The first-order valence-corrected chi connectivity index (χ1v) is 5.42. The first-order valence-electron chi connectivity index (χ1n) is 5.05. The first-order chi connectivity index (χ1) is 8.56. The van der Waals surface area contributed by atoms with Crippen molar-refractivity contribution in [1.82, 2.24) is 4.98 Å². The van der Waals surface area contributed by atoms with Crippen LogP contribution in [0, 0.1) is 0 Å². The van der Waals surface area contributed by atoms with Crippen LogP contribution in [0.2, 0.25) is 5.02 Å². The number of benzene rings is 1. The van der Waals surface area contributed by atoms with E-state index in [0.29, 0.717) is 11.3 Å². The molecule has 2 aromatic rings. The van der Waals surface area contributed by atoms with Crippen molar-refractivity contribution in [3.8, 4) is 5.75 Å². The number of hydrogen-bond acceptors (Lipinski definition) is 3. The number of amides is 1. The summed E-state index contributed by atoms with van der Waals surface area (Å²) in [6.07, 6.45) is 1.31. The molecule has 0 aliphatic rings. The summed E-state index contributed by atoms with van der Waals surface area (Å²) in [5, 5.41) is 12.0. The number of carbonyl (C=O) groups is 1. The Morgan fingerprint density at radius 2 is 2.06 bits per heavy atom. The van der Waals surface area contributed by atoms with Crippen LogP contribution in [0.4, 0.5) is 5.69 Å². The molecule has 18 heavy (non-hydrogen) atoms. The minimum atomic E-state index is -0.404. The highest BCUT2D eigenvalue weighted by Crippen LogP contribution is 2.26. The van der Waals surface area contributed by atoms with E-state index in [9.17, 15) is 14.7 Å². The minimum absolute atomic E-state index is 0.0158. The number of rotatable bonds is 2. The van der Waals surface area contributed by atoms with Gasteiger partial charge in [-0.2, -0.15) is 0 Å². The van der Waals surface area contributed by atoms with E-state index in [0.717, 1.165) is 0 Å². The normalized spacial score (nSPS) is 10.1. The second-order valence-corrected chi connectivity index (χ2v) is 3.97. The van der Waals surface area contributed by atoms with Gasteiger partial charge in [0.25, 0.3) is 5.91 Å². The fourth-order valence-corrected chi connectivity index (χ4v) is 1.57. The summed E-state index contributed by atoms with van der Waals surface area (Å²) in [6.45, 7) is 0. The smallest absolute Gasteiger partial charge is 0.257 e. The van der Waals surface area contributed by atoms with Crippen LogP contribution < -0.4 is 10.9 Å². The van der Waals surface area contributed by atoms with Gasteiger partial charge in [0.05, 0.1) is 16.3 Å². The van der Waals surface area contributed by atoms with Crippen LogP contribution in [-0.2, 0) is 0 Å². The lowest BCUT2D eigenvalue weighted by Gasteiger charge is -2.07. The molecule has 1 heterocycles. The van der Waals surface area contributed by atoms with Crippen molar-refractivity contribution in [3.05, 3.63) is 57.5 Å². The summed E-state index contributed by atoms with van der Waals surface area (Å²) in [5.74, 6) is -0.388. The Kier molecular flexibility index (Phi) is 3.34. The van der Waals surface area contributed by atoms with Crippen LogP contribution in [0.1, 0.15) is 10.4 Å². The molecular weight excluding hydrogens is 256 g/mol. The molecule has 0 saturated heterocycles. The number of halogens is 1. The van der Waals surface area contributed by atoms with Gasteiger partial charge >= 0.3 is 0 Å². The van der Waals surface area contributed by atoms with E-state index in [1.807, 2.05) is 0 Å². The van der Waals surface area contributed by atoms with E-state index < -0.39 is 5.91 Å². The maximum atomic E-state index is 11.8. The summed E-state index contributed by atoms with van der Waals surface area (Å²) in [6, 6.07) is 6.88. The molecule has 2 rings (SSSR count). The highest BCUT2D eigenvalue weighted by Gasteiger charge is 2.08. The van der Waals surface area contributed by atoms with Gasteiger partial charge in [0.2, 0.25) is 5.56 Å². The van der Waals surface area contributed by atoms with Crippen molar-refractivity contribution in [1.29, 1.82) is 0 Å². The third kappa shape index (κ3) is 2.70. The first kappa shape index (κ1) is 12.2. The molecule has 0 aliphatic carbocycles. The van der Waals surface area contributed by atoms with E-state index in [1.54, 1.807) is 0 Å². The molecule has 0 aliphatic heterocycles. The van der Waals surface area contributed by atoms with Crippen LogP contribution in [-0.4, -0.2) is 16.0 Å². The van der Waals surface area contributed by atoms with Gasteiger partial charge in [-0.15, -0.1) is 0 Å². The maximum absolute atomic E-state index is 11.8. The molecule has 0 saturated carbocycles. The second kappa shape index (κ2) is 4.93. The Morgan fingerprint density at radius 1 is 1.28 bits per heavy atom. The zero-order chi connectivity index (χ0) is 13.1. The molecule has 0 radical (unpaired) electrons. The maximum Gasteiger partial charge on any atom is 0.257 e. The van der Waals surface area contributed by atoms with Crippen LogP contribution in [0.3, 0.4) is 0 Å². The number of H-pyrrole nitrogens is 1. The average Bonchev–Trinajstić information content (AvgIpc) is 2.33. The van der Waals surface area contributed by atoms with Crippen molar-refractivity contribution < 1.29 is 9.90 Å². The summed E-state index contributed by atoms with van der Waals surface area (Å²) < 4.78 is 0. The summed E-state index contributed by atoms with van der Waals surface area (Å²) in [4.78, 5) is 25.1. The van der Waals surface area contributed by atoms with Gasteiger partial charge < -0.3 is 15.4 Å². The molecule has 1 amide bonds. The van der Waals surface area contributed by atoms with E-state index in [4.69, 9.17) is 11.6 Å². The topological polar surface area (TPSA) is 82.2 Å². The Morgan fingerprint density at radius 3 is 2.67 bits per heavy atom. The number of anilines is 1. The molecule has 92 valence electrons. The molecule has 1 aromatic heterocycles. The third-order valence-electron chi connectivity index (χ3n) is 2.25. The van der Waals surface area contributed by atoms with E-state index >= 15 is 0 Å². The predicted molar refractivity (Wildman–Crippen MR) is 68.1 cm³/mol. The number of pyridine rings is 1. The lowest BCUT2D eigenvalue weighted by molar-refractivity contribution is 0.102. The SMILES string of the molecule is O=C(Nc1ccc(O)cc1Cl)c1ccc(=O)[nH]c1. The third-order valence-corrected chi connectivity index (χ3v) is 2.56. The zero-order valence-electron chi connectivity index (χ0n) is 9.11. The second-order valence-electron chi connectivity index (χ2n) is 3.56. The number of hydrogen-bond donors (Lipinski definition) is 3. The molecular formula is C12H9ClN2O3. The molecule has 0 atom stereocenters. The summed E-state index contributed by atoms with van der Waals surface area (Å²) in [5.41, 5.74) is 0.402. The zero-order valence-corrected chi connectivity index (χ0v) is 9.86. The number of aromatic hydroxyl groups is 1. The monoisotopic (exact) mass is 264 g/mol. The van der Waals surface area contributed by atoms with Crippen molar-refractivity contribution in [2.75, 3.05) is 5.32 Å². The van der Waals surface area contributed by atoms with Crippen molar-refractivity contribution >= 4 is 23.2 Å². The molecule has 0 fully saturated rings.